The van der Waals surface area contributed by atoms with Gasteiger partial charge in [-0.05, 0) is 50.5 Å². The van der Waals surface area contributed by atoms with Crippen molar-refractivity contribution in [3.63, 3.8) is 0 Å². The highest BCUT2D eigenvalue weighted by Crippen LogP contribution is 2.64. The maximum absolute atomic E-state index is 12.4. The Hall–Kier alpha value is -2.88. The van der Waals surface area contributed by atoms with Crippen molar-refractivity contribution in [2.24, 2.45) is 0 Å². The molecule has 4 rings (SSSR count). The third kappa shape index (κ3) is 2.67. The van der Waals surface area contributed by atoms with Gasteiger partial charge in [-0.1, -0.05) is 37.8 Å². The molecule has 0 spiro atoms. The third-order valence-electron chi connectivity index (χ3n) is 6.07. The molecule has 2 bridgehead atoms. The number of rotatable bonds is 4. The molecule has 0 heterocycles. The van der Waals surface area contributed by atoms with Crippen molar-refractivity contribution in [3.05, 3.63) is 59.7 Å². The molecule has 1 fully saturated rings. The second-order valence-corrected chi connectivity index (χ2v) is 8.29. The zero-order valence-corrected chi connectivity index (χ0v) is 16.6. The van der Waals surface area contributed by atoms with E-state index in [9.17, 15) is 9.59 Å². The molecule has 144 valence electrons. The Morgan fingerprint density at radius 2 is 1.96 bits per heavy atom. The first-order valence-electron chi connectivity index (χ1n) is 9.58. The third-order valence-corrected chi connectivity index (χ3v) is 6.07. The van der Waals surface area contributed by atoms with E-state index < -0.39 is 11.9 Å². The van der Waals surface area contributed by atoms with Gasteiger partial charge in [0.15, 0.2) is 0 Å². The van der Waals surface area contributed by atoms with Gasteiger partial charge in [-0.25, -0.2) is 9.59 Å². The predicted molar refractivity (Wildman–Crippen MR) is 109 cm³/mol. The van der Waals surface area contributed by atoms with E-state index in [1.54, 1.807) is 6.92 Å². The van der Waals surface area contributed by atoms with Crippen LogP contribution in [0.4, 0.5) is 0 Å². The lowest BCUT2D eigenvalue weighted by Gasteiger charge is -2.29. The number of carbonyl (C=O) groups excluding carboxylic acids is 2. The van der Waals surface area contributed by atoms with E-state index in [0.717, 1.165) is 46.7 Å². The van der Waals surface area contributed by atoms with Crippen molar-refractivity contribution in [1.82, 2.24) is 0 Å². The molecule has 0 N–H and O–H groups in total. The van der Waals surface area contributed by atoms with Gasteiger partial charge < -0.3 is 9.47 Å². The Morgan fingerprint density at radius 1 is 1.21 bits per heavy atom. The summed E-state index contributed by atoms with van der Waals surface area (Å²) in [5.74, 6) is 0.540. The highest BCUT2D eigenvalue weighted by molar-refractivity contribution is 6.02. The molecule has 0 aromatic heterocycles. The number of aryl methyl sites for hydroxylation is 1. The normalized spacial score (nSPS) is 22.0. The van der Waals surface area contributed by atoms with Crippen molar-refractivity contribution < 1.29 is 19.1 Å². The molecule has 4 nitrogen and oxygen atoms in total. The minimum atomic E-state index is -0.484. The monoisotopic (exact) mass is 376 g/mol. The van der Waals surface area contributed by atoms with Crippen molar-refractivity contribution in [3.8, 4) is 11.5 Å². The van der Waals surface area contributed by atoms with Gasteiger partial charge in [-0.2, -0.15) is 0 Å². The van der Waals surface area contributed by atoms with Gasteiger partial charge in [0.05, 0.1) is 0 Å². The smallest absolute Gasteiger partial charge is 0.338 e. The second-order valence-electron chi connectivity index (χ2n) is 8.29. The Labute approximate surface area is 164 Å². The van der Waals surface area contributed by atoms with E-state index >= 15 is 0 Å². The fraction of sp³-hybridized carbons (Fsp3) is 0.333. The molecule has 2 unspecified atom stereocenters. The van der Waals surface area contributed by atoms with Gasteiger partial charge >= 0.3 is 11.9 Å². The van der Waals surface area contributed by atoms with E-state index in [0.29, 0.717) is 23.0 Å². The van der Waals surface area contributed by atoms with Crippen LogP contribution in [-0.2, 0) is 15.0 Å². The van der Waals surface area contributed by atoms with Crippen LogP contribution in [0.25, 0.3) is 10.8 Å². The topological polar surface area (TPSA) is 52.6 Å². The van der Waals surface area contributed by atoms with Crippen LogP contribution in [0.1, 0.15) is 55.7 Å². The zero-order chi connectivity index (χ0) is 20.2. The summed E-state index contributed by atoms with van der Waals surface area (Å²) in [6, 6.07) is 5.89. The Bertz CT molecular complexity index is 1060. The molecule has 28 heavy (non-hydrogen) atoms. The van der Waals surface area contributed by atoms with E-state index in [-0.39, 0.29) is 5.41 Å². The van der Waals surface area contributed by atoms with Gasteiger partial charge in [-0.3, -0.25) is 0 Å². The highest BCUT2D eigenvalue weighted by atomic mass is 16.5. The minimum absolute atomic E-state index is 0.0970. The number of hydrogen-bond donors (Lipinski definition) is 0. The number of benzene rings is 2. The Balaban J connectivity index is 2.08. The molecule has 0 saturated heterocycles. The molecule has 2 aliphatic carbocycles. The van der Waals surface area contributed by atoms with Gasteiger partial charge in [-0.15, -0.1) is 0 Å². The average molecular weight is 376 g/mol. The fourth-order valence-corrected chi connectivity index (χ4v) is 4.80. The lowest BCUT2D eigenvalue weighted by molar-refractivity contribution is -0.130. The van der Waals surface area contributed by atoms with Crippen LogP contribution in [0.5, 0.6) is 11.5 Å². The minimum Gasteiger partial charge on any atom is -0.422 e. The maximum atomic E-state index is 12.4. The van der Waals surface area contributed by atoms with Crippen LogP contribution in [0.15, 0.2) is 43.0 Å². The molecule has 2 atom stereocenters. The Kier molecular flexibility index (Phi) is 4.18. The molecule has 2 aromatic carbocycles. The zero-order valence-electron chi connectivity index (χ0n) is 16.6. The van der Waals surface area contributed by atoms with Gasteiger partial charge in [0.2, 0.25) is 0 Å². The quantitative estimate of drug-likeness (QED) is 0.415. The summed E-state index contributed by atoms with van der Waals surface area (Å²) in [7, 11) is 0. The van der Waals surface area contributed by atoms with Crippen LogP contribution < -0.4 is 9.47 Å². The van der Waals surface area contributed by atoms with E-state index in [1.165, 1.54) is 6.08 Å². The molecule has 0 radical (unpaired) electrons. The number of esters is 2. The van der Waals surface area contributed by atoms with Crippen molar-refractivity contribution in [1.29, 1.82) is 0 Å². The summed E-state index contributed by atoms with van der Waals surface area (Å²) in [4.78, 5) is 24.5. The standard InChI is InChI=1S/C24H24O4/c1-6-18(25)27-22-16-8-7-14(4)11-17(16)21(28-23(26)13(2)3)19-15-9-10-24(5,12-15)20(19)22/h6-8,11,15H,1-2,9-10,12H2,3-5H3. The number of ether oxygens (including phenoxy) is 2. The van der Waals surface area contributed by atoms with E-state index in [2.05, 4.69) is 20.1 Å². The number of carbonyl (C=O) groups is 2. The first kappa shape index (κ1) is 18.5. The lowest BCUT2D eigenvalue weighted by Crippen LogP contribution is -2.20. The average Bonchev–Trinajstić information content (AvgIpc) is 3.17. The number of hydrogen-bond acceptors (Lipinski definition) is 4. The second kappa shape index (κ2) is 6.33. The molecule has 1 saturated carbocycles. The summed E-state index contributed by atoms with van der Waals surface area (Å²) in [6.45, 7) is 13.1. The van der Waals surface area contributed by atoms with Gasteiger partial charge in [0.1, 0.15) is 11.5 Å². The summed E-state index contributed by atoms with van der Waals surface area (Å²) < 4.78 is 11.6. The van der Waals surface area contributed by atoms with Gasteiger partial charge in [0.25, 0.3) is 0 Å². The van der Waals surface area contributed by atoms with E-state index in [4.69, 9.17) is 9.47 Å². The van der Waals surface area contributed by atoms with Crippen molar-refractivity contribution in [2.45, 2.75) is 51.4 Å². The molecule has 0 amide bonds. The summed E-state index contributed by atoms with van der Waals surface area (Å²) in [5, 5.41) is 1.56. The summed E-state index contributed by atoms with van der Waals surface area (Å²) >= 11 is 0. The first-order chi connectivity index (χ1) is 13.2. The Morgan fingerprint density at radius 3 is 2.64 bits per heavy atom. The number of fused-ring (bicyclic) bond motifs is 6. The molecular weight excluding hydrogens is 352 g/mol. The maximum Gasteiger partial charge on any atom is 0.338 e. The first-order valence-corrected chi connectivity index (χ1v) is 9.58. The van der Waals surface area contributed by atoms with Crippen LogP contribution in [0.2, 0.25) is 0 Å². The molecule has 0 aliphatic heterocycles. The molecule has 4 heteroatoms. The summed E-state index contributed by atoms with van der Waals surface area (Å²) in [5.41, 5.74) is 3.30. The van der Waals surface area contributed by atoms with Crippen molar-refractivity contribution in [2.75, 3.05) is 0 Å². The van der Waals surface area contributed by atoms with Gasteiger partial charge in [0, 0.05) is 33.5 Å². The van der Waals surface area contributed by atoms with Crippen LogP contribution in [0, 0.1) is 6.92 Å². The predicted octanol–water partition coefficient (Wildman–Crippen LogP) is 5.26. The lowest BCUT2D eigenvalue weighted by atomic mass is 9.78. The summed E-state index contributed by atoms with van der Waals surface area (Å²) in [6.07, 6.45) is 4.20. The molecule has 2 aromatic rings. The van der Waals surface area contributed by atoms with Crippen LogP contribution in [-0.4, -0.2) is 11.9 Å². The van der Waals surface area contributed by atoms with Crippen molar-refractivity contribution >= 4 is 22.7 Å². The highest BCUT2D eigenvalue weighted by Gasteiger charge is 2.50. The fourth-order valence-electron chi connectivity index (χ4n) is 4.80. The van der Waals surface area contributed by atoms with Crippen LogP contribution in [0.3, 0.4) is 0 Å². The van der Waals surface area contributed by atoms with E-state index in [1.807, 2.05) is 25.1 Å². The molecule has 2 aliphatic rings. The van der Waals surface area contributed by atoms with Crippen LogP contribution >= 0.6 is 0 Å². The SMILES string of the molecule is C=CC(=O)Oc1c2c(c(OC(=O)C(=C)C)c3cc(C)ccc13)C1CCC2(C)C1. The largest absolute Gasteiger partial charge is 0.422 e. The molecular formula is C24H24O4.